The highest BCUT2D eigenvalue weighted by Gasteiger charge is 1.95. The summed E-state index contributed by atoms with van der Waals surface area (Å²) in [6.07, 6.45) is 2.18. The molecule has 1 N–H and O–H groups in total. The molecule has 0 aliphatic rings. The van der Waals surface area contributed by atoms with E-state index in [4.69, 9.17) is 23.7 Å². The first kappa shape index (κ1) is 23.3. The van der Waals surface area contributed by atoms with E-state index in [9.17, 15) is 0 Å². The molecular formula is C18H39NO5. The van der Waals surface area contributed by atoms with Gasteiger partial charge >= 0.3 is 0 Å². The third-order valence-corrected chi connectivity index (χ3v) is 2.89. The van der Waals surface area contributed by atoms with Crippen molar-refractivity contribution in [2.24, 2.45) is 0 Å². The monoisotopic (exact) mass is 349 g/mol. The molecule has 6 heteroatoms. The van der Waals surface area contributed by atoms with Crippen molar-refractivity contribution in [3.05, 3.63) is 12.3 Å². The standard InChI is InChI=1S/C18H37NO5.H2/c1-17(2)19-7-5-8-20-11-13-22-15-16-23-14-12-21-9-6-10-24-18(3)4;/h18-19H,1,5-16H2,2-4H3;1H. The molecule has 0 aromatic carbocycles. The van der Waals surface area contributed by atoms with Crippen LogP contribution in [0.4, 0.5) is 0 Å². The molecule has 0 spiro atoms. The Morgan fingerprint density at radius 2 is 1.25 bits per heavy atom. The van der Waals surface area contributed by atoms with Crippen LogP contribution in [0.2, 0.25) is 0 Å². The Kier molecular flexibility index (Phi) is 18.2. The lowest BCUT2D eigenvalue weighted by molar-refractivity contribution is -0.00582. The fraction of sp³-hybridized carbons (Fsp3) is 0.889. The molecule has 0 heterocycles. The van der Waals surface area contributed by atoms with Crippen LogP contribution in [0.5, 0.6) is 0 Å². The topological polar surface area (TPSA) is 58.2 Å². The summed E-state index contributed by atoms with van der Waals surface area (Å²) in [6, 6.07) is 0. The van der Waals surface area contributed by atoms with E-state index in [1.807, 2.05) is 20.8 Å². The van der Waals surface area contributed by atoms with Crippen LogP contribution < -0.4 is 5.32 Å². The van der Waals surface area contributed by atoms with Gasteiger partial charge in [-0.3, -0.25) is 0 Å². The first-order chi connectivity index (χ1) is 11.6. The summed E-state index contributed by atoms with van der Waals surface area (Å²) in [5.74, 6) is 0. The summed E-state index contributed by atoms with van der Waals surface area (Å²) >= 11 is 0. The van der Waals surface area contributed by atoms with Crippen LogP contribution in [-0.4, -0.2) is 72.1 Å². The van der Waals surface area contributed by atoms with Gasteiger partial charge in [0.2, 0.25) is 0 Å². The van der Waals surface area contributed by atoms with Crippen LogP contribution in [0.25, 0.3) is 0 Å². The van der Waals surface area contributed by atoms with Crippen LogP contribution in [0.15, 0.2) is 12.3 Å². The summed E-state index contributed by atoms with van der Waals surface area (Å²) < 4.78 is 27.2. The average molecular weight is 350 g/mol. The van der Waals surface area contributed by atoms with Crippen LogP contribution in [-0.2, 0) is 23.7 Å². The SMILES string of the molecule is C=C(C)NCCCOCCOCCOCCOCCCOC(C)C.[HH]. The van der Waals surface area contributed by atoms with E-state index in [2.05, 4.69) is 11.9 Å². The molecule has 0 amide bonds. The molecule has 0 fully saturated rings. The molecule has 0 aromatic heterocycles. The minimum atomic E-state index is 0. The molecule has 0 atom stereocenters. The zero-order chi connectivity index (χ0) is 17.9. The molecule has 0 rings (SSSR count). The van der Waals surface area contributed by atoms with Gasteiger partial charge < -0.3 is 29.0 Å². The number of rotatable bonds is 19. The maximum absolute atomic E-state index is 5.46. The quantitative estimate of drug-likeness (QED) is 0.362. The number of allylic oxidation sites excluding steroid dienone is 1. The normalized spacial score (nSPS) is 11.2. The summed E-state index contributed by atoms with van der Waals surface area (Å²) in [5.41, 5.74) is 0.990. The molecular weight excluding hydrogens is 310 g/mol. The van der Waals surface area contributed by atoms with E-state index < -0.39 is 0 Å². The predicted octanol–water partition coefficient (Wildman–Crippen LogP) is 2.63. The number of nitrogens with one attached hydrogen (secondary N) is 1. The van der Waals surface area contributed by atoms with E-state index >= 15 is 0 Å². The molecule has 0 radical (unpaired) electrons. The second-order valence-electron chi connectivity index (χ2n) is 5.78. The lowest BCUT2D eigenvalue weighted by Crippen LogP contribution is -2.15. The molecule has 6 nitrogen and oxygen atoms in total. The fourth-order valence-corrected chi connectivity index (χ4v) is 1.72. The molecule has 0 aliphatic carbocycles. The summed E-state index contributed by atoms with van der Waals surface area (Å²) in [5, 5.41) is 3.16. The van der Waals surface area contributed by atoms with Crippen LogP contribution in [0.1, 0.15) is 35.0 Å². The molecule has 0 saturated carbocycles. The minimum absolute atomic E-state index is 0. The molecule has 0 aliphatic heterocycles. The van der Waals surface area contributed by atoms with Crippen molar-refractivity contribution in [2.45, 2.75) is 39.7 Å². The second-order valence-corrected chi connectivity index (χ2v) is 5.78. The van der Waals surface area contributed by atoms with Gasteiger partial charge in [0.15, 0.2) is 0 Å². The molecule has 0 bridgehead atoms. The third-order valence-electron chi connectivity index (χ3n) is 2.89. The first-order valence-corrected chi connectivity index (χ1v) is 8.95. The molecule has 146 valence electrons. The minimum Gasteiger partial charge on any atom is -0.389 e. The van der Waals surface area contributed by atoms with Gasteiger partial charge in [-0.1, -0.05) is 6.58 Å². The third kappa shape index (κ3) is 21.3. The Morgan fingerprint density at radius 1 is 0.792 bits per heavy atom. The number of ether oxygens (including phenoxy) is 5. The molecule has 0 unspecified atom stereocenters. The van der Waals surface area contributed by atoms with Crippen molar-refractivity contribution in [1.29, 1.82) is 0 Å². The maximum atomic E-state index is 5.46. The largest absolute Gasteiger partial charge is 0.389 e. The average Bonchev–Trinajstić information content (AvgIpc) is 2.53. The van der Waals surface area contributed by atoms with Gasteiger partial charge in [-0.25, -0.2) is 0 Å². The van der Waals surface area contributed by atoms with Gasteiger partial charge in [0.05, 0.1) is 45.7 Å². The Hall–Kier alpha value is -0.660. The Labute approximate surface area is 149 Å². The lowest BCUT2D eigenvalue weighted by Gasteiger charge is -2.09. The van der Waals surface area contributed by atoms with Gasteiger partial charge in [-0.15, -0.1) is 0 Å². The van der Waals surface area contributed by atoms with E-state index in [1.54, 1.807) is 0 Å². The highest BCUT2D eigenvalue weighted by Crippen LogP contribution is 1.91. The van der Waals surface area contributed by atoms with Crippen LogP contribution in [0.3, 0.4) is 0 Å². The highest BCUT2D eigenvalue weighted by atomic mass is 16.6. The van der Waals surface area contributed by atoms with Crippen LogP contribution >= 0.6 is 0 Å². The van der Waals surface area contributed by atoms with Gasteiger partial charge in [0.25, 0.3) is 0 Å². The van der Waals surface area contributed by atoms with Gasteiger partial charge in [0, 0.05) is 33.5 Å². The Morgan fingerprint density at radius 3 is 1.71 bits per heavy atom. The van der Waals surface area contributed by atoms with Crippen molar-refractivity contribution < 1.29 is 25.1 Å². The number of hydrogen-bond donors (Lipinski definition) is 1. The van der Waals surface area contributed by atoms with Gasteiger partial charge in [-0.05, 0) is 33.6 Å². The van der Waals surface area contributed by atoms with Gasteiger partial charge in [0.1, 0.15) is 0 Å². The van der Waals surface area contributed by atoms with Crippen LogP contribution in [0, 0.1) is 0 Å². The fourth-order valence-electron chi connectivity index (χ4n) is 1.72. The maximum Gasteiger partial charge on any atom is 0.0701 e. The Bertz CT molecular complexity index is 280. The zero-order valence-electron chi connectivity index (χ0n) is 15.8. The molecule has 0 saturated heterocycles. The highest BCUT2D eigenvalue weighted by molar-refractivity contribution is 4.83. The van der Waals surface area contributed by atoms with Crippen molar-refractivity contribution in [3.8, 4) is 0 Å². The summed E-state index contributed by atoms with van der Waals surface area (Å²) in [7, 11) is 0. The van der Waals surface area contributed by atoms with Crippen molar-refractivity contribution in [2.75, 3.05) is 66.0 Å². The first-order valence-electron chi connectivity index (χ1n) is 8.95. The summed E-state index contributed by atoms with van der Waals surface area (Å²) in [6.45, 7) is 16.5. The number of hydrogen-bond acceptors (Lipinski definition) is 6. The van der Waals surface area contributed by atoms with E-state index in [-0.39, 0.29) is 7.53 Å². The summed E-state index contributed by atoms with van der Waals surface area (Å²) in [4.78, 5) is 0. The molecule has 24 heavy (non-hydrogen) atoms. The lowest BCUT2D eigenvalue weighted by atomic mass is 10.4. The van der Waals surface area contributed by atoms with Gasteiger partial charge in [-0.2, -0.15) is 0 Å². The van der Waals surface area contributed by atoms with E-state index in [0.29, 0.717) is 46.2 Å². The molecule has 0 aromatic rings. The van der Waals surface area contributed by atoms with Crippen molar-refractivity contribution in [3.63, 3.8) is 0 Å². The van der Waals surface area contributed by atoms with Crippen molar-refractivity contribution >= 4 is 0 Å². The predicted molar refractivity (Wildman–Crippen MR) is 98.5 cm³/mol. The Balaban J connectivity index is 0. The second kappa shape index (κ2) is 18.7. The van der Waals surface area contributed by atoms with E-state index in [1.165, 1.54) is 0 Å². The zero-order valence-corrected chi connectivity index (χ0v) is 15.8. The smallest absolute Gasteiger partial charge is 0.0701 e. The van der Waals surface area contributed by atoms with E-state index in [0.717, 1.165) is 38.3 Å². The van der Waals surface area contributed by atoms with Crippen molar-refractivity contribution in [1.82, 2.24) is 5.32 Å².